The molecule has 0 unspecified atom stereocenters. The van der Waals surface area contributed by atoms with Crippen LogP contribution in [0.4, 0.5) is 0 Å². The predicted octanol–water partition coefficient (Wildman–Crippen LogP) is 4.23. The molecule has 0 aromatic heterocycles. The Morgan fingerprint density at radius 2 is 1.64 bits per heavy atom. The minimum atomic E-state index is -0.190. The molecule has 1 amide bonds. The van der Waals surface area contributed by atoms with E-state index in [4.69, 9.17) is 21.1 Å². The highest BCUT2D eigenvalue weighted by Crippen LogP contribution is 2.25. The molecule has 0 aliphatic heterocycles. The fraction of sp³-hybridized carbons (Fsp3) is 0.350. The van der Waals surface area contributed by atoms with Crippen LogP contribution in [-0.2, 0) is 4.79 Å². The van der Waals surface area contributed by atoms with E-state index in [0.717, 1.165) is 21.9 Å². The van der Waals surface area contributed by atoms with Crippen LogP contribution in [0, 0.1) is 20.8 Å². The van der Waals surface area contributed by atoms with Crippen molar-refractivity contribution >= 4 is 17.5 Å². The molecule has 0 bridgehead atoms. The van der Waals surface area contributed by atoms with Gasteiger partial charge in [0, 0.05) is 5.02 Å². The molecule has 0 spiro atoms. The fourth-order valence-electron chi connectivity index (χ4n) is 2.35. The SMILES string of the molecule is Cc1ccc(OC[C@H](C)NC(=O)COc2cc(C)c(Cl)c(C)c2)cc1. The lowest BCUT2D eigenvalue weighted by atomic mass is 10.1. The minimum Gasteiger partial charge on any atom is -0.491 e. The van der Waals surface area contributed by atoms with E-state index in [1.165, 1.54) is 5.56 Å². The second-order valence-corrected chi connectivity index (χ2v) is 6.63. The van der Waals surface area contributed by atoms with Crippen molar-refractivity contribution in [1.29, 1.82) is 0 Å². The van der Waals surface area contributed by atoms with E-state index < -0.39 is 0 Å². The van der Waals surface area contributed by atoms with Crippen molar-refractivity contribution in [3.63, 3.8) is 0 Å². The Kier molecular flexibility index (Phi) is 6.71. The van der Waals surface area contributed by atoms with Crippen molar-refractivity contribution in [2.24, 2.45) is 0 Å². The van der Waals surface area contributed by atoms with Crippen molar-refractivity contribution in [2.75, 3.05) is 13.2 Å². The van der Waals surface area contributed by atoms with E-state index >= 15 is 0 Å². The molecule has 2 aromatic carbocycles. The maximum atomic E-state index is 12.0. The van der Waals surface area contributed by atoms with Gasteiger partial charge in [-0.25, -0.2) is 0 Å². The molecule has 0 aliphatic carbocycles. The van der Waals surface area contributed by atoms with E-state index in [9.17, 15) is 4.79 Å². The first-order valence-electron chi connectivity index (χ1n) is 8.23. The highest BCUT2D eigenvalue weighted by atomic mass is 35.5. The smallest absolute Gasteiger partial charge is 0.258 e. The molecule has 1 N–H and O–H groups in total. The van der Waals surface area contributed by atoms with Crippen molar-refractivity contribution in [1.82, 2.24) is 5.32 Å². The van der Waals surface area contributed by atoms with Gasteiger partial charge < -0.3 is 14.8 Å². The standard InChI is InChI=1S/C20H24ClNO3/c1-13-5-7-17(8-6-13)24-11-16(4)22-19(23)12-25-18-9-14(2)20(21)15(3)10-18/h5-10,16H,11-12H2,1-4H3,(H,22,23)/t16-/m0/s1. The third-order valence-electron chi connectivity index (χ3n) is 3.71. The van der Waals surface area contributed by atoms with Gasteiger partial charge in [0.1, 0.15) is 18.1 Å². The number of amides is 1. The molecule has 5 heteroatoms. The summed E-state index contributed by atoms with van der Waals surface area (Å²) >= 11 is 6.13. The Morgan fingerprint density at radius 1 is 1.04 bits per heavy atom. The maximum absolute atomic E-state index is 12.0. The zero-order valence-electron chi connectivity index (χ0n) is 15.1. The van der Waals surface area contributed by atoms with Crippen LogP contribution >= 0.6 is 11.6 Å². The first-order valence-corrected chi connectivity index (χ1v) is 8.61. The van der Waals surface area contributed by atoms with Crippen molar-refractivity contribution in [2.45, 2.75) is 33.7 Å². The maximum Gasteiger partial charge on any atom is 0.258 e. The van der Waals surface area contributed by atoms with Crippen LogP contribution in [0.5, 0.6) is 11.5 Å². The molecule has 25 heavy (non-hydrogen) atoms. The predicted molar refractivity (Wildman–Crippen MR) is 101 cm³/mol. The van der Waals surface area contributed by atoms with Gasteiger partial charge >= 0.3 is 0 Å². The topological polar surface area (TPSA) is 47.6 Å². The summed E-state index contributed by atoms with van der Waals surface area (Å²) in [5, 5.41) is 3.58. The third-order valence-corrected chi connectivity index (χ3v) is 4.30. The summed E-state index contributed by atoms with van der Waals surface area (Å²) in [7, 11) is 0. The zero-order chi connectivity index (χ0) is 18.4. The summed E-state index contributed by atoms with van der Waals surface area (Å²) in [4.78, 5) is 12.0. The zero-order valence-corrected chi connectivity index (χ0v) is 15.8. The highest BCUT2D eigenvalue weighted by molar-refractivity contribution is 6.32. The van der Waals surface area contributed by atoms with Crippen molar-refractivity contribution < 1.29 is 14.3 Å². The van der Waals surface area contributed by atoms with Crippen LogP contribution in [0.3, 0.4) is 0 Å². The Balaban J connectivity index is 1.76. The largest absolute Gasteiger partial charge is 0.491 e. The average Bonchev–Trinajstić information content (AvgIpc) is 2.57. The first-order chi connectivity index (χ1) is 11.8. The second kappa shape index (κ2) is 8.77. The monoisotopic (exact) mass is 361 g/mol. The van der Waals surface area contributed by atoms with E-state index in [2.05, 4.69) is 5.32 Å². The summed E-state index contributed by atoms with van der Waals surface area (Å²) in [6.45, 7) is 8.09. The van der Waals surface area contributed by atoms with Crippen LogP contribution in [0.15, 0.2) is 36.4 Å². The number of carbonyl (C=O) groups excluding carboxylic acids is 1. The van der Waals surface area contributed by atoms with Gasteiger partial charge in [-0.3, -0.25) is 4.79 Å². The number of ether oxygens (including phenoxy) is 2. The fourth-order valence-corrected chi connectivity index (χ4v) is 2.46. The van der Waals surface area contributed by atoms with Crippen LogP contribution in [0.25, 0.3) is 0 Å². The van der Waals surface area contributed by atoms with Gasteiger partial charge in [-0.1, -0.05) is 29.3 Å². The number of hydrogen-bond donors (Lipinski definition) is 1. The summed E-state index contributed by atoms with van der Waals surface area (Å²) in [5.74, 6) is 1.23. The van der Waals surface area contributed by atoms with E-state index in [1.54, 1.807) is 0 Å². The number of hydrogen-bond acceptors (Lipinski definition) is 3. The van der Waals surface area contributed by atoms with Gasteiger partial charge in [0.25, 0.3) is 5.91 Å². The van der Waals surface area contributed by atoms with Crippen LogP contribution in [0.2, 0.25) is 5.02 Å². The van der Waals surface area contributed by atoms with Gasteiger partial charge in [-0.15, -0.1) is 0 Å². The Labute approximate surface area is 154 Å². The Hall–Kier alpha value is -2.20. The first kappa shape index (κ1) is 19.1. The quantitative estimate of drug-likeness (QED) is 0.802. The minimum absolute atomic E-state index is 0.0462. The number of benzene rings is 2. The van der Waals surface area contributed by atoms with Crippen molar-refractivity contribution in [3.05, 3.63) is 58.1 Å². The number of aryl methyl sites for hydroxylation is 3. The molecule has 2 aromatic rings. The van der Waals surface area contributed by atoms with Crippen molar-refractivity contribution in [3.8, 4) is 11.5 Å². The van der Waals surface area contributed by atoms with Gasteiger partial charge in [0.05, 0.1) is 6.04 Å². The number of carbonyl (C=O) groups is 1. The normalized spacial score (nSPS) is 11.7. The van der Waals surface area contributed by atoms with Crippen LogP contribution in [-0.4, -0.2) is 25.2 Å². The molecule has 4 nitrogen and oxygen atoms in total. The van der Waals surface area contributed by atoms with Crippen LogP contribution in [0.1, 0.15) is 23.6 Å². The Morgan fingerprint density at radius 3 is 2.24 bits per heavy atom. The molecular weight excluding hydrogens is 338 g/mol. The summed E-state index contributed by atoms with van der Waals surface area (Å²) in [6, 6.07) is 11.3. The molecule has 0 aliphatic rings. The molecule has 0 saturated heterocycles. The lowest BCUT2D eigenvalue weighted by Crippen LogP contribution is -2.39. The summed E-state index contributed by atoms with van der Waals surface area (Å²) in [6.07, 6.45) is 0. The van der Waals surface area contributed by atoms with Gasteiger partial charge in [-0.05, 0) is 63.1 Å². The number of rotatable bonds is 7. The molecule has 0 saturated carbocycles. The molecule has 2 rings (SSSR count). The molecule has 0 heterocycles. The Bertz CT molecular complexity index is 705. The molecular formula is C20H24ClNO3. The molecule has 0 radical (unpaired) electrons. The number of nitrogens with one attached hydrogen (secondary N) is 1. The molecule has 0 fully saturated rings. The third kappa shape index (κ3) is 5.98. The average molecular weight is 362 g/mol. The number of halogens is 1. The van der Waals surface area contributed by atoms with Gasteiger partial charge in [0.15, 0.2) is 6.61 Å². The van der Waals surface area contributed by atoms with E-state index in [-0.39, 0.29) is 18.6 Å². The molecule has 134 valence electrons. The second-order valence-electron chi connectivity index (χ2n) is 6.25. The highest BCUT2D eigenvalue weighted by Gasteiger charge is 2.10. The lowest BCUT2D eigenvalue weighted by molar-refractivity contribution is -0.123. The lowest BCUT2D eigenvalue weighted by Gasteiger charge is -2.16. The summed E-state index contributed by atoms with van der Waals surface area (Å²) < 4.78 is 11.2. The summed E-state index contributed by atoms with van der Waals surface area (Å²) in [5.41, 5.74) is 3.03. The van der Waals surface area contributed by atoms with E-state index in [1.807, 2.05) is 64.1 Å². The van der Waals surface area contributed by atoms with Crippen LogP contribution < -0.4 is 14.8 Å². The molecule has 1 atom stereocenters. The van der Waals surface area contributed by atoms with E-state index in [0.29, 0.717) is 12.4 Å². The van der Waals surface area contributed by atoms with Gasteiger partial charge in [0.2, 0.25) is 0 Å². The van der Waals surface area contributed by atoms with Gasteiger partial charge in [-0.2, -0.15) is 0 Å².